The maximum absolute atomic E-state index is 13.0. The highest BCUT2D eigenvalue weighted by atomic mass is 19.4. The molecule has 0 fully saturated rings. The molecule has 4 heteroatoms. The van der Waals surface area contributed by atoms with Gasteiger partial charge in [0, 0.05) is 10.9 Å². The van der Waals surface area contributed by atoms with E-state index >= 15 is 0 Å². The predicted molar refractivity (Wildman–Crippen MR) is 141 cm³/mol. The Bertz CT molecular complexity index is 1700. The lowest BCUT2D eigenvalue weighted by Gasteiger charge is -2.13. The summed E-state index contributed by atoms with van der Waals surface area (Å²) in [6.45, 7) is 0. The van der Waals surface area contributed by atoms with Crippen molar-refractivity contribution in [3.05, 3.63) is 127 Å². The molecule has 1 aromatic heterocycles. The van der Waals surface area contributed by atoms with E-state index in [2.05, 4.69) is 42.5 Å². The van der Waals surface area contributed by atoms with Crippen LogP contribution in [0.3, 0.4) is 0 Å². The Balaban J connectivity index is 1.51. The molecule has 0 aliphatic carbocycles. The second kappa shape index (κ2) is 8.65. The van der Waals surface area contributed by atoms with Crippen LogP contribution >= 0.6 is 0 Å². The van der Waals surface area contributed by atoms with Gasteiger partial charge in [-0.2, -0.15) is 13.2 Å². The third-order valence-electron chi connectivity index (χ3n) is 6.46. The van der Waals surface area contributed by atoms with Gasteiger partial charge in [0.15, 0.2) is 0 Å². The van der Waals surface area contributed by atoms with Gasteiger partial charge in [0.05, 0.1) is 16.8 Å². The van der Waals surface area contributed by atoms with Crippen LogP contribution in [0, 0.1) is 0 Å². The summed E-state index contributed by atoms with van der Waals surface area (Å²) in [6, 6.07) is 37.9. The van der Waals surface area contributed by atoms with Crippen LogP contribution in [-0.2, 0) is 6.18 Å². The Hall–Kier alpha value is -4.44. The summed E-state index contributed by atoms with van der Waals surface area (Å²) < 4.78 is 39.0. The van der Waals surface area contributed by atoms with E-state index in [9.17, 15) is 13.2 Å². The fourth-order valence-corrected chi connectivity index (χ4v) is 4.63. The molecule has 6 aromatic rings. The normalized spacial score (nSPS) is 11.8. The Morgan fingerprint density at radius 3 is 1.86 bits per heavy atom. The maximum atomic E-state index is 13.0. The highest BCUT2D eigenvalue weighted by Gasteiger charge is 2.30. The maximum Gasteiger partial charge on any atom is 0.416 e. The molecule has 0 saturated carbocycles. The summed E-state index contributed by atoms with van der Waals surface area (Å²) in [5, 5.41) is 3.34. The average Bonchev–Trinajstić information content (AvgIpc) is 2.91. The minimum atomic E-state index is -4.35. The molecule has 6 rings (SSSR count). The van der Waals surface area contributed by atoms with Crippen molar-refractivity contribution < 1.29 is 13.2 Å². The largest absolute Gasteiger partial charge is 0.416 e. The van der Waals surface area contributed by atoms with Crippen molar-refractivity contribution in [3.8, 4) is 33.5 Å². The minimum Gasteiger partial charge on any atom is -0.248 e. The van der Waals surface area contributed by atoms with Crippen LogP contribution in [0.1, 0.15) is 5.56 Å². The Kier molecular flexibility index (Phi) is 5.30. The first-order valence-electron chi connectivity index (χ1n) is 11.6. The van der Waals surface area contributed by atoms with E-state index in [-0.39, 0.29) is 0 Å². The molecule has 0 atom stereocenters. The molecule has 0 aliphatic rings. The van der Waals surface area contributed by atoms with Crippen molar-refractivity contribution in [2.75, 3.05) is 0 Å². The highest BCUT2D eigenvalue weighted by Crippen LogP contribution is 2.36. The number of nitrogens with zero attached hydrogens (tertiary/aromatic N) is 1. The summed E-state index contributed by atoms with van der Waals surface area (Å²) >= 11 is 0. The van der Waals surface area contributed by atoms with Gasteiger partial charge in [-0.3, -0.25) is 0 Å². The summed E-state index contributed by atoms with van der Waals surface area (Å²) in [5.74, 6) is 0. The van der Waals surface area contributed by atoms with Crippen LogP contribution in [0.2, 0.25) is 0 Å². The zero-order valence-electron chi connectivity index (χ0n) is 19.1. The van der Waals surface area contributed by atoms with Crippen molar-refractivity contribution >= 4 is 21.7 Å². The molecule has 0 amide bonds. The summed E-state index contributed by atoms with van der Waals surface area (Å²) in [6.07, 6.45) is -4.35. The van der Waals surface area contributed by atoms with Crippen LogP contribution in [0.4, 0.5) is 13.2 Å². The third kappa shape index (κ3) is 4.11. The minimum absolute atomic E-state index is 0.654. The standard InChI is InChI=1S/C32H20F3N/c33-32(34,35)27-15-13-21(14-16-27)23-11-6-12-26(17-23)30-20-28(22-7-2-1-3-8-22)29-18-24-9-4-5-10-25(24)19-31(29)36-30/h1-20H. The fourth-order valence-electron chi connectivity index (χ4n) is 4.63. The van der Waals surface area contributed by atoms with E-state index in [4.69, 9.17) is 4.98 Å². The van der Waals surface area contributed by atoms with Gasteiger partial charge in [-0.1, -0.05) is 84.9 Å². The number of fused-ring (bicyclic) bond motifs is 2. The smallest absolute Gasteiger partial charge is 0.248 e. The first kappa shape index (κ1) is 22.1. The first-order valence-corrected chi connectivity index (χ1v) is 11.6. The molecule has 0 bridgehead atoms. The summed E-state index contributed by atoms with van der Waals surface area (Å²) in [7, 11) is 0. The fraction of sp³-hybridized carbons (Fsp3) is 0.0312. The van der Waals surface area contributed by atoms with Gasteiger partial charge >= 0.3 is 6.18 Å². The zero-order valence-corrected chi connectivity index (χ0v) is 19.1. The molecule has 0 saturated heterocycles. The van der Waals surface area contributed by atoms with Crippen LogP contribution < -0.4 is 0 Å². The SMILES string of the molecule is FC(F)(F)c1ccc(-c2cccc(-c3cc(-c4ccccc4)c4cc5ccccc5cc4n3)c2)cc1. The Morgan fingerprint density at radius 1 is 0.500 bits per heavy atom. The zero-order chi connectivity index (χ0) is 24.7. The lowest BCUT2D eigenvalue weighted by molar-refractivity contribution is -0.137. The molecule has 0 spiro atoms. The molecule has 0 radical (unpaired) electrons. The molecule has 36 heavy (non-hydrogen) atoms. The van der Waals surface area contributed by atoms with E-state index in [0.717, 1.165) is 67.3 Å². The number of alkyl halides is 3. The summed E-state index contributed by atoms with van der Waals surface area (Å²) in [4.78, 5) is 5.01. The molecule has 0 unspecified atom stereocenters. The molecule has 5 aromatic carbocycles. The molecule has 1 nitrogen and oxygen atoms in total. The van der Waals surface area contributed by atoms with E-state index in [0.29, 0.717) is 0 Å². The second-order valence-electron chi connectivity index (χ2n) is 8.79. The van der Waals surface area contributed by atoms with Crippen molar-refractivity contribution in [3.63, 3.8) is 0 Å². The van der Waals surface area contributed by atoms with Gasteiger partial charge in [0.2, 0.25) is 0 Å². The Labute approximate surface area is 206 Å². The van der Waals surface area contributed by atoms with Crippen LogP contribution in [0.5, 0.6) is 0 Å². The van der Waals surface area contributed by atoms with Gasteiger partial charge in [0.25, 0.3) is 0 Å². The van der Waals surface area contributed by atoms with E-state index < -0.39 is 11.7 Å². The van der Waals surface area contributed by atoms with Crippen LogP contribution in [0.15, 0.2) is 121 Å². The number of halogens is 3. The van der Waals surface area contributed by atoms with Gasteiger partial charge in [0.1, 0.15) is 0 Å². The molecular formula is C32H20F3N. The number of pyridine rings is 1. The quantitative estimate of drug-likeness (QED) is 0.232. The van der Waals surface area contributed by atoms with Gasteiger partial charge in [-0.05, 0) is 69.4 Å². The molecule has 1 heterocycles. The number of hydrogen-bond donors (Lipinski definition) is 0. The number of rotatable bonds is 3. The van der Waals surface area contributed by atoms with Crippen LogP contribution in [0.25, 0.3) is 55.2 Å². The number of benzene rings is 5. The highest BCUT2D eigenvalue weighted by molar-refractivity contribution is 6.04. The van der Waals surface area contributed by atoms with Gasteiger partial charge < -0.3 is 0 Å². The van der Waals surface area contributed by atoms with E-state index in [1.165, 1.54) is 12.1 Å². The lowest BCUT2D eigenvalue weighted by Crippen LogP contribution is -2.03. The average molecular weight is 476 g/mol. The molecular weight excluding hydrogens is 455 g/mol. The van der Waals surface area contributed by atoms with Crippen LogP contribution in [-0.4, -0.2) is 4.98 Å². The van der Waals surface area contributed by atoms with Crippen molar-refractivity contribution in [2.24, 2.45) is 0 Å². The topological polar surface area (TPSA) is 12.9 Å². The lowest BCUT2D eigenvalue weighted by atomic mass is 9.95. The van der Waals surface area contributed by atoms with E-state index in [1.807, 2.05) is 54.6 Å². The first-order chi connectivity index (χ1) is 17.5. The second-order valence-corrected chi connectivity index (χ2v) is 8.79. The summed E-state index contributed by atoms with van der Waals surface area (Å²) in [5.41, 5.74) is 5.69. The predicted octanol–water partition coefficient (Wildman–Crippen LogP) is 9.41. The Morgan fingerprint density at radius 2 is 1.14 bits per heavy atom. The van der Waals surface area contributed by atoms with Gasteiger partial charge in [-0.15, -0.1) is 0 Å². The third-order valence-corrected chi connectivity index (χ3v) is 6.46. The monoisotopic (exact) mass is 475 g/mol. The van der Waals surface area contributed by atoms with Gasteiger partial charge in [-0.25, -0.2) is 4.98 Å². The van der Waals surface area contributed by atoms with E-state index in [1.54, 1.807) is 0 Å². The van der Waals surface area contributed by atoms with Crippen molar-refractivity contribution in [2.45, 2.75) is 6.18 Å². The van der Waals surface area contributed by atoms with Crippen molar-refractivity contribution in [1.29, 1.82) is 0 Å². The number of aromatic nitrogens is 1. The molecule has 0 aliphatic heterocycles. The molecule has 174 valence electrons. The van der Waals surface area contributed by atoms with Crippen molar-refractivity contribution in [1.82, 2.24) is 4.98 Å². The molecule has 0 N–H and O–H groups in total. The number of hydrogen-bond acceptors (Lipinski definition) is 1.